The molecule has 0 unspecified atom stereocenters. The van der Waals surface area contributed by atoms with Crippen molar-refractivity contribution < 1.29 is 0 Å². The van der Waals surface area contributed by atoms with Crippen LogP contribution < -0.4 is 0 Å². The van der Waals surface area contributed by atoms with Crippen LogP contribution in [0.3, 0.4) is 0 Å². The highest BCUT2D eigenvalue weighted by molar-refractivity contribution is 6.31. The summed E-state index contributed by atoms with van der Waals surface area (Å²) in [7, 11) is 0. The highest BCUT2D eigenvalue weighted by Gasteiger charge is 2.03. The molecular formula is C14H9Cl2N. The third-order valence-corrected chi connectivity index (χ3v) is 2.85. The molecule has 0 aliphatic carbocycles. The summed E-state index contributed by atoms with van der Waals surface area (Å²) in [5, 5.41) is 10.0. The zero-order valence-electron chi connectivity index (χ0n) is 8.95. The summed E-state index contributed by atoms with van der Waals surface area (Å²) in [5.74, 6) is 0. The van der Waals surface area contributed by atoms with Gasteiger partial charge in [0.05, 0.1) is 12.5 Å². The first-order valence-corrected chi connectivity index (χ1v) is 5.87. The number of benzene rings is 2. The van der Waals surface area contributed by atoms with Crippen LogP contribution in [0, 0.1) is 11.3 Å². The molecule has 2 rings (SSSR count). The molecule has 0 saturated carbocycles. The molecule has 1 nitrogen and oxygen atoms in total. The molecule has 2 aromatic carbocycles. The molecule has 0 heterocycles. The Morgan fingerprint density at radius 2 is 1.71 bits per heavy atom. The summed E-state index contributed by atoms with van der Waals surface area (Å²) in [6.45, 7) is 0. The number of rotatable bonds is 2. The van der Waals surface area contributed by atoms with Crippen LogP contribution in [0.15, 0.2) is 42.5 Å². The molecule has 0 aliphatic heterocycles. The Hall–Kier alpha value is -1.49. The second-order valence-electron chi connectivity index (χ2n) is 3.69. The van der Waals surface area contributed by atoms with Crippen LogP contribution >= 0.6 is 23.2 Å². The van der Waals surface area contributed by atoms with Gasteiger partial charge in [0.25, 0.3) is 0 Å². The first-order chi connectivity index (χ1) is 8.19. The standard InChI is InChI=1S/C14H9Cl2N/c15-13-3-1-2-11(8-13)12-6-10(4-5-17)7-14(16)9-12/h1-3,6-9H,4H2. The molecule has 0 aliphatic rings. The first kappa shape index (κ1) is 12.0. The second-order valence-corrected chi connectivity index (χ2v) is 4.57. The van der Waals surface area contributed by atoms with Crippen molar-refractivity contribution in [2.45, 2.75) is 6.42 Å². The smallest absolute Gasteiger partial charge is 0.0669 e. The normalized spacial score (nSPS) is 9.94. The van der Waals surface area contributed by atoms with Crippen LogP contribution in [-0.2, 0) is 6.42 Å². The highest BCUT2D eigenvalue weighted by atomic mass is 35.5. The van der Waals surface area contributed by atoms with Crippen LogP contribution in [0.25, 0.3) is 11.1 Å². The number of nitriles is 1. The number of hydrogen-bond acceptors (Lipinski definition) is 1. The Bertz CT molecular complexity index is 585. The topological polar surface area (TPSA) is 23.8 Å². The molecule has 2 aromatic rings. The summed E-state index contributed by atoms with van der Waals surface area (Å²) >= 11 is 12.0. The summed E-state index contributed by atoms with van der Waals surface area (Å²) in [6.07, 6.45) is 0.355. The van der Waals surface area contributed by atoms with E-state index in [-0.39, 0.29) is 0 Å². The van der Waals surface area contributed by atoms with E-state index >= 15 is 0 Å². The SMILES string of the molecule is N#CCc1cc(Cl)cc(-c2cccc(Cl)c2)c1. The zero-order chi connectivity index (χ0) is 12.3. The average Bonchev–Trinajstić information content (AvgIpc) is 2.28. The van der Waals surface area contributed by atoms with E-state index in [2.05, 4.69) is 6.07 Å². The lowest BCUT2D eigenvalue weighted by atomic mass is 10.0. The minimum atomic E-state index is 0.355. The molecule has 17 heavy (non-hydrogen) atoms. The van der Waals surface area contributed by atoms with Gasteiger partial charge < -0.3 is 0 Å². The van der Waals surface area contributed by atoms with Crippen molar-refractivity contribution in [1.29, 1.82) is 5.26 Å². The van der Waals surface area contributed by atoms with Gasteiger partial charge in [0.1, 0.15) is 0 Å². The van der Waals surface area contributed by atoms with E-state index in [1.807, 2.05) is 36.4 Å². The molecule has 3 heteroatoms. The summed E-state index contributed by atoms with van der Waals surface area (Å²) in [4.78, 5) is 0. The van der Waals surface area contributed by atoms with Gasteiger partial charge >= 0.3 is 0 Å². The summed E-state index contributed by atoms with van der Waals surface area (Å²) < 4.78 is 0. The van der Waals surface area contributed by atoms with E-state index in [9.17, 15) is 0 Å². The molecule has 0 atom stereocenters. The van der Waals surface area contributed by atoms with Crippen LogP contribution in [0.4, 0.5) is 0 Å². The fourth-order valence-corrected chi connectivity index (χ4v) is 2.13. The van der Waals surface area contributed by atoms with E-state index in [4.69, 9.17) is 28.5 Å². The molecule has 0 fully saturated rings. The summed E-state index contributed by atoms with van der Waals surface area (Å²) in [6, 6.07) is 15.3. The third kappa shape index (κ3) is 3.00. The molecule has 0 N–H and O–H groups in total. The number of hydrogen-bond donors (Lipinski definition) is 0. The van der Waals surface area contributed by atoms with Gasteiger partial charge in [0.2, 0.25) is 0 Å². The van der Waals surface area contributed by atoms with E-state index < -0.39 is 0 Å². The fourth-order valence-electron chi connectivity index (χ4n) is 1.68. The van der Waals surface area contributed by atoms with Crippen LogP contribution in [0.5, 0.6) is 0 Å². The number of halogens is 2. The molecule has 84 valence electrons. The maximum absolute atomic E-state index is 8.70. The zero-order valence-corrected chi connectivity index (χ0v) is 10.5. The lowest BCUT2D eigenvalue weighted by Gasteiger charge is -2.05. The Labute approximate surface area is 110 Å². The predicted molar refractivity (Wildman–Crippen MR) is 71.2 cm³/mol. The van der Waals surface area contributed by atoms with E-state index in [0.717, 1.165) is 16.7 Å². The maximum atomic E-state index is 8.70. The number of nitrogens with zero attached hydrogens (tertiary/aromatic N) is 1. The van der Waals surface area contributed by atoms with E-state index in [0.29, 0.717) is 16.5 Å². The largest absolute Gasteiger partial charge is 0.198 e. The maximum Gasteiger partial charge on any atom is 0.0669 e. The van der Waals surface area contributed by atoms with E-state index in [1.54, 1.807) is 6.07 Å². The van der Waals surface area contributed by atoms with Gasteiger partial charge in [-0.3, -0.25) is 0 Å². The van der Waals surface area contributed by atoms with Gasteiger partial charge in [0, 0.05) is 10.0 Å². The first-order valence-electron chi connectivity index (χ1n) is 5.11. The highest BCUT2D eigenvalue weighted by Crippen LogP contribution is 2.27. The van der Waals surface area contributed by atoms with E-state index in [1.165, 1.54) is 0 Å². The van der Waals surface area contributed by atoms with Crippen molar-refractivity contribution in [2.24, 2.45) is 0 Å². The van der Waals surface area contributed by atoms with Crippen molar-refractivity contribution in [1.82, 2.24) is 0 Å². The molecule has 0 amide bonds. The van der Waals surface area contributed by atoms with Crippen LogP contribution in [-0.4, -0.2) is 0 Å². The monoisotopic (exact) mass is 261 g/mol. The quantitative estimate of drug-likeness (QED) is 0.767. The lowest BCUT2D eigenvalue weighted by Crippen LogP contribution is -1.85. The van der Waals surface area contributed by atoms with Crippen molar-refractivity contribution in [2.75, 3.05) is 0 Å². The molecule has 0 bridgehead atoms. The van der Waals surface area contributed by atoms with Crippen LogP contribution in [0.2, 0.25) is 10.0 Å². The Morgan fingerprint density at radius 3 is 2.41 bits per heavy atom. The second kappa shape index (κ2) is 5.23. The van der Waals surface area contributed by atoms with Crippen molar-refractivity contribution in [3.63, 3.8) is 0 Å². The molecule has 0 aromatic heterocycles. The van der Waals surface area contributed by atoms with Gasteiger partial charge in [-0.05, 0) is 41.0 Å². The fraction of sp³-hybridized carbons (Fsp3) is 0.0714. The van der Waals surface area contributed by atoms with Crippen molar-refractivity contribution >= 4 is 23.2 Å². The molecule has 0 spiro atoms. The Morgan fingerprint density at radius 1 is 0.941 bits per heavy atom. The van der Waals surface area contributed by atoms with Gasteiger partial charge in [0.15, 0.2) is 0 Å². The minimum Gasteiger partial charge on any atom is -0.198 e. The Balaban J connectivity index is 2.49. The van der Waals surface area contributed by atoms with Gasteiger partial charge in [-0.15, -0.1) is 0 Å². The minimum absolute atomic E-state index is 0.355. The molecular weight excluding hydrogens is 253 g/mol. The van der Waals surface area contributed by atoms with Crippen molar-refractivity contribution in [3.8, 4) is 17.2 Å². The van der Waals surface area contributed by atoms with Crippen LogP contribution in [0.1, 0.15) is 5.56 Å². The van der Waals surface area contributed by atoms with Crippen molar-refractivity contribution in [3.05, 3.63) is 58.1 Å². The average molecular weight is 262 g/mol. The van der Waals surface area contributed by atoms with Gasteiger partial charge in [-0.2, -0.15) is 5.26 Å². The van der Waals surface area contributed by atoms with Gasteiger partial charge in [-0.1, -0.05) is 41.4 Å². The predicted octanol–water partition coefficient (Wildman–Crippen LogP) is 4.73. The Kier molecular flexibility index (Phi) is 3.68. The molecule has 0 radical (unpaired) electrons. The third-order valence-electron chi connectivity index (χ3n) is 2.40. The lowest BCUT2D eigenvalue weighted by molar-refractivity contribution is 1.26. The summed E-state index contributed by atoms with van der Waals surface area (Å²) in [5.41, 5.74) is 2.89. The van der Waals surface area contributed by atoms with Gasteiger partial charge in [-0.25, -0.2) is 0 Å². The molecule has 0 saturated heterocycles.